The molecule has 1 atom stereocenters. The Labute approximate surface area is 258 Å². The summed E-state index contributed by atoms with van der Waals surface area (Å²) in [6.07, 6.45) is 4.10. The second kappa shape index (κ2) is 15.7. The third-order valence-electron chi connectivity index (χ3n) is 7.24. The van der Waals surface area contributed by atoms with Crippen LogP contribution in [0.5, 0.6) is 5.75 Å². The molecule has 236 valence electrons. The van der Waals surface area contributed by atoms with Gasteiger partial charge >= 0.3 is 12.0 Å². The molecule has 0 aromatic heterocycles. The van der Waals surface area contributed by atoms with Crippen LogP contribution >= 0.6 is 0 Å². The summed E-state index contributed by atoms with van der Waals surface area (Å²) in [5.41, 5.74) is 2.98. The molecule has 2 aromatic carbocycles. The quantitative estimate of drug-likeness (QED) is 0.157. The Morgan fingerprint density at radius 1 is 1.11 bits per heavy atom. The van der Waals surface area contributed by atoms with Crippen LogP contribution in [-0.4, -0.2) is 78.2 Å². The van der Waals surface area contributed by atoms with E-state index >= 15 is 0 Å². The van der Waals surface area contributed by atoms with Gasteiger partial charge in [-0.15, -0.1) is 0 Å². The van der Waals surface area contributed by atoms with Crippen LogP contribution < -0.4 is 15.0 Å². The topological polar surface area (TPSA) is 138 Å². The van der Waals surface area contributed by atoms with Crippen molar-refractivity contribution in [3.63, 3.8) is 0 Å². The molecule has 1 fully saturated rings. The molecule has 4 rings (SSSR count). The zero-order valence-electron chi connectivity index (χ0n) is 25.3. The highest BCUT2D eigenvalue weighted by Gasteiger charge is 2.38. The van der Waals surface area contributed by atoms with Crippen molar-refractivity contribution >= 4 is 23.6 Å². The Bertz CT molecular complexity index is 1380. The minimum atomic E-state index is -1.24. The number of aliphatic hydroxyl groups excluding tert-OH is 1. The molecule has 0 saturated carbocycles. The molecular formula is C33H41N3O8. The maximum Gasteiger partial charge on any atom is 0.332 e. The lowest BCUT2D eigenvalue weighted by Gasteiger charge is -2.33. The van der Waals surface area contributed by atoms with Crippen molar-refractivity contribution < 1.29 is 38.8 Å². The van der Waals surface area contributed by atoms with E-state index in [2.05, 4.69) is 17.2 Å². The zero-order chi connectivity index (χ0) is 31.5. The number of nitrogens with zero attached hydrogens (tertiary/aromatic N) is 2. The first kappa shape index (κ1) is 33.0. The van der Waals surface area contributed by atoms with Crippen LogP contribution in [0, 0.1) is 11.8 Å². The zero-order valence-corrected chi connectivity index (χ0v) is 25.3. The molecule has 0 radical (unpaired) electrons. The monoisotopic (exact) mass is 607 g/mol. The second-order valence-electron chi connectivity index (χ2n) is 11.2. The van der Waals surface area contributed by atoms with Crippen LogP contribution in [0.15, 0.2) is 42.5 Å². The predicted octanol–water partition coefficient (Wildman–Crippen LogP) is 3.83. The molecular weight excluding hydrogens is 566 g/mol. The number of hydrogen-bond donors (Lipinski definition) is 3. The van der Waals surface area contributed by atoms with E-state index in [0.29, 0.717) is 44.0 Å². The Kier molecular flexibility index (Phi) is 11.7. The van der Waals surface area contributed by atoms with Crippen molar-refractivity contribution in [2.24, 2.45) is 0 Å². The number of imide groups is 1. The predicted molar refractivity (Wildman–Crippen MR) is 163 cm³/mol. The van der Waals surface area contributed by atoms with Crippen LogP contribution in [0.2, 0.25) is 0 Å². The molecule has 3 N–H and O–H groups in total. The first-order valence-electron chi connectivity index (χ1n) is 15.0. The minimum Gasteiger partial charge on any atom is -0.480 e. The first-order valence-corrected chi connectivity index (χ1v) is 15.0. The average Bonchev–Trinajstić information content (AvgIpc) is 3.27. The molecule has 0 unspecified atom stereocenters. The lowest BCUT2D eigenvalue weighted by atomic mass is 10.0. The highest BCUT2D eigenvalue weighted by molar-refractivity contribution is 6.13. The SMILES string of the molecule is CC1(C)OCc2cc([C@@H](O)CNCCCCCCOCCC#Cc3cccc(N4CC(=O)N(CC(=O)O)C4=O)c3)ccc2O1. The molecule has 2 aliphatic rings. The number of aliphatic hydroxyl groups is 1. The van der Waals surface area contributed by atoms with Gasteiger partial charge in [-0.3, -0.25) is 19.4 Å². The highest BCUT2D eigenvalue weighted by Crippen LogP contribution is 2.32. The van der Waals surface area contributed by atoms with E-state index in [0.717, 1.165) is 54.0 Å². The third kappa shape index (κ3) is 9.53. The van der Waals surface area contributed by atoms with Crippen molar-refractivity contribution in [1.82, 2.24) is 10.2 Å². The summed E-state index contributed by atoms with van der Waals surface area (Å²) in [5.74, 6) is 4.49. The van der Waals surface area contributed by atoms with Crippen LogP contribution in [0.1, 0.15) is 68.7 Å². The van der Waals surface area contributed by atoms with Gasteiger partial charge in [0.05, 0.1) is 19.3 Å². The number of hydrogen-bond acceptors (Lipinski definition) is 8. The van der Waals surface area contributed by atoms with Crippen LogP contribution in [0.25, 0.3) is 0 Å². The summed E-state index contributed by atoms with van der Waals surface area (Å²) in [4.78, 5) is 37.4. The van der Waals surface area contributed by atoms with Gasteiger partial charge < -0.3 is 29.7 Å². The van der Waals surface area contributed by atoms with Gasteiger partial charge in [-0.2, -0.15) is 0 Å². The van der Waals surface area contributed by atoms with Crippen LogP contribution in [-0.2, 0) is 25.7 Å². The van der Waals surface area contributed by atoms with E-state index in [-0.39, 0.29) is 6.54 Å². The van der Waals surface area contributed by atoms with Gasteiger partial charge in [-0.1, -0.05) is 36.8 Å². The number of carbonyl (C=O) groups is 3. The molecule has 1 saturated heterocycles. The highest BCUT2D eigenvalue weighted by atomic mass is 16.7. The Morgan fingerprint density at radius 2 is 1.93 bits per heavy atom. The number of amides is 3. The normalized spacial score (nSPS) is 16.2. The van der Waals surface area contributed by atoms with Gasteiger partial charge in [0, 0.05) is 50.2 Å². The van der Waals surface area contributed by atoms with Crippen molar-refractivity contribution in [2.45, 2.75) is 64.4 Å². The first-order chi connectivity index (χ1) is 21.1. The summed E-state index contributed by atoms with van der Waals surface area (Å²) in [6.45, 7) is 5.90. The van der Waals surface area contributed by atoms with Crippen molar-refractivity contribution in [1.29, 1.82) is 0 Å². The second-order valence-corrected chi connectivity index (χ2v) is 11.2. The van der Waals surface area contributed by atoms with E-state index in [1.807, 2.05) is 38.1 Å². The van der Waals surface area contributed by atoms with Gasteiger partial charge in [0.25, 0.3) is 5.91 Å². The summed E-state index contributed by atoms with van der Waals surface area (Å²) in [7, 11) is 0. The molecule has 0 aliphatic carbocycles. The van der Waals surface area contributed by atoms with Crippen molar-refractivity contribution in [3.8, 4) is 17.6 Å². The number of carboxylic acid groups (broad SMARTS) is 1. The van der Waals surface area contributed by atoms with E-state index in [9.17, 15) is 19.5 Å². The standard InChI is InChI=1S/C33H41N3O8/c1-33(2)43-23-26-19-25(13-14-29(26)44-33)28(37)20-34-15-6-3-4-7-16-42-17-8-5-10-24-11-9-12-27(18-24)35-21-30(38)36(32(35)41)22-31(39)40/h9,11-14,18-19,28,34,37H,3-4,6-8,15-17,20-23H2,1-2H3,(H,39,40)/t28-/m0/s1. The van der Waals surface area contributed by atoms with Gasteiger partial charge in [-0.05, 0) is 55.3 Å². The summed E-state index contributed by atoms with van der Waals surface area (Å²) in [5, 5.41) is 22.8. The summed E-state index contributed by atoms with van der Waals surface area (Å²) < 4.78 is 17.2. The van der Waals surface area contributed by atoms with Gasteiger partial charge in [0.15, 0.2) is 0 Å². The molecule has 0 spiro atoms. The minimum absolute atomic E-state index is 0.196. The average molecular weight is 608 g/mol. The number of urea groups is 1. The summed E-state index contributed by atoms with van der Waals surface area (Å²) in [6, 6.07) is 12.0. The maximum absolute atomic E-state index is 12.5. The van der Waals surface area contributed by atoms with Crippen molar-refractivity contribution in [3.05, 3.63) is 59.2 Å². The largest absolute Gasteiger partial charge is 0.480 e. The van der Waals surface area contributed by atoms with E-state index in [1.54, 1.807) is 18.2 Å². The number of carbonyl (C=O) groups excluding carboxylic acids is 2. The summed E-state index contributed by atoms with van der Waals surface area (Å²) >= 11 is 0. The fourth-order valence-corrected chi connectivity index (χ4v) is 4.90. The van der Waals surface area contributed by atoms with Gasteiger partial charge in [-0.25, -0.2) is 4.79 Å². The molecule has 11 nitrogen and oxygen atoms in total. The number of ether oxygens (including phenoxy) is 3. The fraction of sp³-hybridized carbons (Fsp3) is 0.485. The number of nitrogens with one attached hydrogen (secondary N) is 1. The van der Waals surface area contributed by atoms with E-state index < -0.39 is 36.3 Å². The lowest BCUT2D eigenvalue weighted by molar-refractivity contribution is -0.180. The van der Waals surface area contributed by atoms with Crippen LogP contribution in [0.4, 0.5) is 10.5 Å². The molecule has 0 bridgehead atoms. The number of fused-ring (bicyclic) bond motifs is 1. The van der Waals surface area contributed by atoms with Crippen molar-refractivity contribution in [2.75, 3.05) is 44.3 Å². The van der Waals surface area contributed by atoms with Gasteiger partial charge in [0.2, 0.25) is 5.79 Å². The number of anilines is 1. The fourth-order valence-electron chi connectivity index (χ4n) is 4.90. The smallest absolute Gasteiger partial charge is 0.332 e. The molecule has 2 heterocycles. The molecule has 2 aliphatic heterocycles. The molecule has 3 amide bonds. The molecule has 11 heteroatoms. The van der Waals surface area contributed by atoms with Crippen LogP contribution in [0.3, 0.4) is 0 Å². The van der Waals surface area contributed by atoms with E-state index in [1.165, 1.54) is 4.90 Å². The maximum atomic E-state index is 12.5. The number of unbranched alkanes of at least 4 members (excludes halogenated alkanes) is 3. The molecule has 44 heavy (non-hydrogen) atoms. The van der Waals surface area contributed by atoms with E-state index in [4.69, 9.17) is 19.3 Å². The third-order valence-corrected chi connectivity index (χ3v) is 7.24. The number of carboxylic acids is 1. The Morgan fingerprint density at radius 3 is 2.75 bits per heavy atom. The number of benzene rings is 2. The lowest BCUT2D eigenvalue weighted by Crippen LogP contribution is -2.36. The number of aliphatic carboxylic acids is 1. The molecule has 2 aromatic rings. The Balaban J connectivity index is 1.03. The van der Waals surface area contributed by atoms with Gasteiger partial charge in [0.1, 0.15) is 18.8 Å². The number of rotatable bonds is 15. The Hall–Kier alpha value is -3.95.